The summed E-state index contributed by atoms with van der Waals surface area (Å²) >= 11 is 12.7. The highest BCUT2D eigenvalue weighted by Gasteiger charge is 2.28. The van der Waals surface area contributed by atoms with Gasteiger partial charge in [0.2, 0.25) is 5.91 Å². The third-order valence-corrected chi connectivity index (χ3v) is 5.20. The maximum absolute atomic E-state index is 11.9. The number of halogens is 2. The molecule has 0 radical (unpaired) electrons. The molecule has 0 bridgehead atoms. The van der Waals surface area contributed by atoms with Crippen LogP contribution in [0.15, 0.2) is 24.5 Å². The minimum Gasteiger partial charge on any atom is -0.387 e. The molecule has 1 aliphatic heterocycles. The molecule has 0 unspecified atom stereocenters. The molecule has 0 spiro atoms. The van der Waals surface area contributed by atoms with Gasteiger partial charge in [-0.3, -0.25) is 14.5 Å². The number of pyridine rings is 1. The van der Waals surface area contributed by atoms with Crippen LogP contribution in [0.3, 0.4) is 0 Å². The molecule has 1 amide bonds. The van der Waals surface area contributed by atoms with Gasteiger partial charge in [0.15, 0.2) is 0 Å². The van der Waals surface area contributed by atoms with Crippen molar-refractivity contribution < 1.29 is 9.90 Å². The fraction of sp³-hybridized carbons (Fsp3) is 0.235. The number of aliphatic hydroxyl groups excluding tert-OH is 1. The molecule has 3 aromatic rings. The van der Waals surface area contributed by atoms with Gasteiger partial charge >= 0.3 is 0 Å². The lowest BCUT2D eigenvalue weighted by molar-refractivity contribution is -0.134. The van der Waals surface area contributed by atoms with Gasteiger partial charge in [-0.25, -0.2) is 0 Å². The maximum atomic E-state index is 11.9. The van der Waals surface area contributed by atoms with Gasteiger partial charge in [-0.05, 0) is 23.3 Å². The third kappa shape index (κ3) is 2.57. The number of hydrogen-bond donors (Lipinski definition) is 1. The van der Waals surface area contributed by atoms with Crippen molar-refractivity contribution in [2.75, 3.05) is 6.61 Å². The van der Waals surface area contributed by atoms with E-state index in [1.165, 1.54) is 0 Å². The quantitative estimate of drug-likeness (QED) is 0.746. The number of benzene rings is 1. The summed E-state index contributed by atoms with van der Waals surface area (Å²) in [6.07, 6.45) is 3.56. The number of amides is 1. The first-order chi connectivity index (χ1) is 12.0. The van der Waals surface area contributed by atoms with Crippen molar-refractivity contribution in [2.24, 2.45) is 7.05 Å². The van der Waals surface area contributed by atoms with Gasteiger partial charge in [0, 0.05) is 43.5 Å². The molecule has 2 aromatic heterocycles. The lowest BCUT2D eigenvalue weighted by Crippen LogP contribution is -2.27. The lowest BCUT2D eigenvalue weighted by atomic mass is 9.99. The molecular weight excluding hydrogens is 363 g/mol. The zero-order chi connectivity index (χ0) is 17.7. The first-order valence-electron chi connectivity index (χ1n) is 7.66. The summed E-state index contributed by atoms with van der Waals surface area (Å²) in [5, 5.41) is 15.2. The normalized spacial score (nSPS) is 13.5. The monoisotopic (exact) mass is 376 g/mol. The number of fused-ring (bicyclic) bond motifs is 3. The van der Waals surface area contributed by atoms with E-state index in [0.717, 1.165) is 27.8 Å². The van der Waals surface area contributed by atoms with E-state index in [9.17, 15) is 4.79 Å². The van der Waals surface area contributed by atoms with Crippen molar-refractivity contribution >= 4 is 40.0 Å². The highest BCUT2D eigenvalue weighted by atomic mass is 35.5. The Morgan fingerprint density at radius 1 is 1.36 bits per heavy atom. The predicted molar refractivity (Wildman–Crippen MR) is 95.3 cm³/mol. The molecule has 8 heteroatoms. The highest BCUT2D eigenvalue weighted by molar-refractivity contribution is 6.45. The second-order valence-electron chi connectivity index (χ2n) is 5.99. The number of carbonyl (C=O) groups excluding carboxylic acids is 1. The Bertz CT molecular complexity index is 1020. The fourth-order valence-electron chi connectivity index (χ4n) is 3.23. The largest absolute Gasteiger partial charge is 0.387 e. The van der Waals surface area contributed by atoms with E-state index in [-0.39, 0.29) is 5.91 Å². The number of hydrogen-bond acceptors (Lipinski definition) is 4. The molecule has 3 heterocycles. The van der Waals surface area contributed by atoms with Crippen molar-refractivity contribution in [1.82, 2.24) is 19.7 Å². The van der Waals surface area contributed by atoms with Crippen LogP contribution in [0.5, 0.6) is 0 Å². The Kier molecular flexibility index (Phi) is 3.91. The van der Waals surface area contributed by atoms with Crippen LogP contribution in [-0.4, -0.2) is 37.3 Å². The Balaban J connectivity index is 1.99. The minimum atomic E-state index is -0.515. The summed E-state index contributed by atoms with van der Waals surface area (Å²) in [6, 6.07) is 3.68. The van der Waals surface area contributed by atoms with Crippen LogP contribution in [-0.2, 0) is 24.9 Å². The van der Waals surface area contributed by atoms with Crippen LogP contribution < -0.4 is 0 Å². The predicted octanol–water partition coefficient (Wildman–Crippen LogP) is 2.78. The van der Waals surface area contributed by atoms with E-state index in [4.69, 9.17) is 28.3 Å². The molecule has 0 saturated heterocycles. The average molecular weight is 377 g/mol. The van der Waals surface area contributed by atoms with Crippen LogP contribution in [0.1, 0.15) is 11.1 Å². The van der Waals surface area contributed by atoms with Crippen LogP contribution in [0.2, 0.25) is 10.0 Å². The molecule has 0 saturated carbocycles. The number of rotatable bonds is 2. The van der Waals surface area contributed by atoms with Crippen LogP contribution in [0.4, 0.5) is 0 Å². The fourth-order valence-corrected chi connectivity index (χ4v) is 3.62. The molecule has 0 atom stereocenters. The van der Waals surface area contributed by atoms with Crippen molar-refractivity contribution in [3.8, 4) is 11.3 Å². The van der Waals surface area contributed by atoms with E-state index in [1.807, 2.05) is 19.3 Å². The second kappa shape index (κ2) is 5.98. The molecule has 4 rings (SSSR count). The van der Waals surface area contributed by atoms with Crippen LogP contribution >= 0.6 is 23.2 Å². The van der Waals surface area contributed by atoms with Gasteiger partial charge in [-0.15, -0.1) is 0 Å². The number of carbonyl (C=O) groups is 1. The first-order valence-corrected chi connectivity index (χ1v) is 8.42. The summed E-state index contributed by atoms with van der Waals surface area (Å²) in [7, 11) is 1.84. The van der Waals surface area contributed by atoms with Gasteiger partial charge in [-0.1, -0.05) is 23.2 Å². The second-order valence-corrected chi connectivity index (χ2v) is 6.77. The summed E-state index contributed by atoms with van der Waals surface area (Å²) in [5.74, 6) is -0.316. The minimum absolute atomic E-state index is 0.316. The molecule has 1 N–H and O–H groups in total. The van der Waals surface area contributed by atoms with Crippen molar-refractivity contribution in [1.29, 1.82) is 0 Å². The van der Waals surface area contributed by atoms with E-state index in [0.29, 0.717) is 28.7 Å². The maximum Gasteiger partial charge on any atom is 0.248 e. The Morgan fingerprint density at radius 2 is 2.16 bits per heavy atom. The van der Waals surface area contributed by atoms with Gasteiger partial charge in [-0.2, -0.15) is 5.10 Å². The summed E-state index contributed by atoms with van der Waals surface area (Å²) in [5.41, 5.74) is 4.07. The molecule has 128 valence electrons. The smallest absolute Gasteiger partial charge is 0.248 e. The Morgan fingerprint density at radius 3 is 2.84 bits per heavy atom. The van der Waals surface area contributed by atoms with Gasteiger partial charge in [0.25, 0.3) is 0 Å². The van der Waals surface area contributed by atoms with E-state index in [1.54, 1.807) is 21.8 Å². The third-order valence-electron chi connectivity index (χ3n) is 4.42. The molecule has 25 heavy (non-hydrogen) atoms. The van der Waals surface area contributed by atoms with Crippen molar-refractivity contribution in [3.63, 3.8) is 0 Å². The molecule has 1 aliphatic rings. The molecule has 0 aliphatic carbocycles. The molecule has 0 fully saturated rings. The van der Waals surface area contributed by atoms with Gasteiger partial charge in [0.1, 0.15) is 6.61 Å². The Labute approximate surface area is 153 Å². The van der Waals surface area contributed by atoms with Gasteiger partial charge < -0.3 is 10.0 Å². The van der Waals surface area contributed by atoms with Gasteiger partial charge in [0.05, 0.1) is 21.3 Å². The molecular formula is C17H14Cl2N4O2. The summed E-state index contributed by atoms with van der Waals surface area (Å²) in [4.78, 5) is 18.0. The number of aromatic nitrogens is 3. The Hall–Kier alpha value is -2.15. The summed E-state index contributed by atoms with van der Waals surface area (Å²) in [6.45, 7) is 0.296. The molecule has 1 aromatic carbocycles. The number of aliphatic hydroxyl groups is 1. The van der Waals surface area contributed by atoms with Crippen LogP contribution in [0, 0.1) is 0 Å². The molecule has 6 nitrogen and oxygen atoms in total. The standard InChI is InChI=1S/C17H14Cl2N4O2/c1-22-3-2-13(21-22)10-4-12(18)16(19)17-15(10)11-7-23(14(25)8-24)6-9(11)5-20-17/h2-5,24H,6-8H2,1H3. The zero-order valence-corrected chi connectivity index (χ0v) is 14.8. The van der Waals surface area contributed by atoms with Crippen molar-refractivity contribution in [3.05, 3.63) is 45.7 Å². The number of nitrogens with zero attached hydrogens (tertiary/aromatic N) is 4. The zero-order valence-electron chi connectivity index (χ0n) is 13.3. The lowest BCUT2D eigenvalue weighted by Gasteiger charge is -2.14. The van der Waals surface area contributed by atoms with E-state index < -0.39 is 6.61 Å². The summed E-state index contributed by atoms with van der Waals surface area (Å²) < 4.78 is 1.71. The van der Waals surface area contributed by atoms with Crippen molar-refractivity contribution in [2.45, 2.75) is 13.1 Å². The topological polar surface area (TPSA) is 71.2 Å². The average Bonchev–Trinajstić information content (AvgIpc) is 3.23. The van der Waals surface area contributed by atoms with E-state index in [2.05, 4.69) is 10.1 Å². The van der Waals surface area contributed by atoms with Crippen LogP contribution in [0.25, 0.3) is 22.2 Å². The SMILES string of the molecule is Cn1ccc(-c2cc(Cl)c(Cl)c3ncc4c(c23)CN(C(=O)CO)C4)n1. The van der Waals surface area contributed by atoms with E-state index >= 15 is 0 Å². The highest BCUT2D eigenvalue weighted by Crippen LogP contribution is 2.41. The number of aryl methyl sites for hydroxylation is 1. The first kappa shape index (κ1) is 16.3.